The molecule has 0 aliphatic rings. The fourth-order valence-electron chi connectivity index (χ4n) is 6.60. The lowest BCUT2D eigenvalue weighted by molar-refractivity contribution is 0.839. The van der Waals surface area contributed by atoms with Crippen molar-refractivity contribution in [2.75, 3.05) is 17.4 Å². The van der Waals surface area contributed by atoms with Gasteiger partial charge in [0.2, 0.25) is 5.95 Å². The summed E-state index contributed by atoms with van der Waals surface area (Å²) < 4.78 is 4.79. The van der Waals surface area contributed by atoms with Gasteiger partial charge >= 0.3 is 0 Å². The first-order valence-electron chi connectivity index (χ1n) is 15.7. The lowest BCUT2D eigenvalue weighted by Crippen LogP contribution is -2.25. The van der Waals surface area contributed by atoms with Crippen LogP contribution < -0.4 is 10.3 Å². The van der Waals surface area contributed by atoms with Crippen LogP contribution in [0, 0.1) is 0 Å². The number of nitrogens with zero attached hydrogens (tertiary/aromatic N) is 4. The van der Waals surface area contributed by atoms with Gasteiger partial charge in [-0.15, -0.1) is 11.3 Å². The molecule has 0 aliphatic carbocycles. The van der Waals surface area contributed by atoms with Gasteiger partial charge in [-0.1, -0.05) is 115 Å². The van der Waals surface area contributed by atoms with E-state index in [2.05, 4.69) is 137 Å². The second kappa shape index (κ2) is 11.1. The van der Waals surface area contributed by atoms with Crippen molar-refractivity contribution < 1.29 is 0 Å². The van der Waals surface area contributed by atoms with Gasteiger partial charge in [-0.2, -0.15) is 0 Å². The van der Waals surface area contributed by atoms with Crippen LogP contribution in [0.2, 0.25) is 0 Å². The molecule has 6 aromatic carbocycles. The average molecular weight is 624 g/mol. The van der Waals surface area contributed by atoms with E-state index < -0.39 is 0 Å². The molecule has 0 saturated carbocycles. The monoisotopic (exact) mass is 623 g/mol. The van der Waals surface area contributed by atoms with Crippen LogP contribution >= 0.6 is 11.3 Å². The summed E-state index contributed by atoms with van der Waals surface area (Å²) in [6.07, 6.45) is 0. The highest BCUT2D eigenvalue weighted by atomic mass is 32.1. The van der Waals surface area contributed by atoms with Gasteiger partial charge < -0.3 is 5.32 Å². The molecule has 9 aromatic rings. The molecule has 0 saturated heterocycles. The summed E-state index contributed by atoms with van der Waals surface area (Å²) in [6, 6.07) is 53.0. The van der Waals surface area contributed by atoms with Gasteiger partial charge in [0.25, 0.3) is 0 Å². The van der Waals surface area contributed by atoms with Crippen LogP contribution in [0.5, 0.6) is 0 Å². The summed E-state index contributed by atoms with van der Waals surface area (Å²) in [5.74, 6) is 0.543. The maximum atomic E-state index is 5.07. The topological polar surface area (TPSA) is 46.0 Å². The lowest BCUT2D eigenvalue weighted by Gasteiger charge is -2.26. The van der Waals surface area contributed by atoms with E-state index in [1.165, 1.54) is 30.9 Å². The van der Waals surface area contributed by atoms with Crippen LogP contribution in [0.1, 0.15) is 0 Å². The zero-order valence-electron chi connectivity index (χ0n) is 25.6. The van der Waals surface area contributed by atoms with E-state index in [1.807, 2.05) is 47.7 Å². The number of aromatic nitrogens is 3. The number of thiophene rings is 1. The third-order valence-corrected chi connectivity index (χ3v) is 9.94. The fourth-order valence-corrected chi connectivity index (χ4v) is 7.72. The fraction of sp³-hybridized carbons (Fsp3) is 0.0244. The smallest absolute Gasteiger partial charge is 0.228 e. The van der Waals surface area contributed by atoms with E-state index in [-0.39, 0.29) is 0 Å². The molecule has 0 aliphatic heterocycles. The molecular formula is C41H29N5S. The van der Waals surface area contributed by atoms with Crippen LogP contribution in [-0.2, 0) is 0 Å². The lowest BCUT2D eigenvalue weighted by atomic mass is 10.1. The molecule has 0 atom stereocenters. The highest BCUT2D eigenvalue weighted by Gasteiger charge is 2.20. The molecule has 5 nitrogen and oxygen atoms in total. The first kappa shape index (κ1) is 27.3. The van der Waals surface area contributed by atoms with Crippen molar-refractivity contribution >= 4 is 70.6 Å². The summed E-state index contributed by atoms with van der Waals surface area (Å²) in [5.41, 5.74) is 8.04. The minimum Gasteiger partial charge on any atom is -0.322 e. The van der Waals surface area contributed by atoms with E-state index in [4.69, 9.17) is 9.97 Å². The van der Waals surface area contributed by atoms with Gasteiger partial charge in [0, 0.05) is 49.1 Å². The van der Waals surface area contributed by atoms with E-state index in [0.29, 0.717) is 5.95 Å². The predicted molar refractivity (Wildman–Crippen MR) is 199 cm³/mol. The number of benzene rings is 6. The summed E-state index contributed by atoms with van der Waals surface area (Å²) in [5, 5.41) is 10.8. The first-order valence-corrected chi connectivity index (χ1v) is 16.5. The molecule has 3 aromatic heterocycles. The average Bonchev–Trinajstić information content (AvgIpc) is 3.67. The van der Waals surface area contributed by atoms with Crippen molar-refractivity contribution in [3.8, 4) is 22.5 Å². The molecule has 224 valence electrons. The van der Waals surface area contributed by atoms with Gasteiger partial charge in [-0.05, 0) is 36.4 Å². The maximum Gasteiger partial charge on any atom is 0.228 e. The number of anilines is 3. The third-order valence-electron chi connectivity index (χ3n) is 8.81. The highest BCUT2D eigenvalue weighted by molar-refractivity contribution is 7.25. The SMILES string of the molecule is CN(c1cc2sc3ccccc3c2cc1Nc1nc(-c2ccccc2)cc(-c2ccccc2)n1)n1c2ccccc2c2ccccc21. The minimum absolute atomic E-state index is 0.543. The van der Waals surface area contributed by atoms with E-state index in [1.54, 1.807) is 0 Å². The van der Waals surface area contributed by atoms with Crippen molar-refractivity contribution in [3.05, 3.63) is 152 Å². The zero-order valence-corrected chi connectivity index (χ0v) is 26.4. The first-order chi connectivity index (χ1) is 23.2. The molecule has 1 N–H and O–H groups in total. The van der Waals surface area contributed by atoms with Crippen molar-refractivity contribution in [3.63, 3.8) is 0 Å². The molecule has 6 heteroatoms. The zero-order chi connectivity index (χ0) is 31.3. The van der Waals surface area contributed by atoms with Gasteiger partial charge in [0.05, 0.1) is 33.8 Å². The van der Waals surface area contributed by atoms with Crippen molar-refractivity contribution in [1.29, 1.82) is 0 Å². The molecule has 0 radical (unpaired) electrons. The standard InChI is InChI=1S/C41H29N5S/c1-45(46-36-21-11-8-18-29(36)30-19-9-12-22-37(30)46)38-26-40-32(31-20-10-13-23-39(31)47-40)24-35(38)44-41-42-33(27-14-4-2-5-15-27)25-34(43-41)28-16-6-3-7-17-28/h2-26H,1H3,(H,42,43,44). The second-order valence-electron chi connectivity index (χ2n) is 11.7. The van der Waals surface area contributed by atoms with Crippen LogP contribution in [0.4, 0.5) is 17.3 Å². The van der Waals surface area contributed by atoms with E-state index in [9.17, 15) is 0 Å². The van der Waals surface area contributed by atoms with Gasteiger partial charge in [-0.3, -0.25) is 9.69 Å². The van der Waals surface area contributed by atoms with Crippen molar-refractivity contribution in [2.24, 2.45) is 0 Å². The molecule has 0 spiro atoms. The molecule has 0 amide bonds. The van der Waals surface area contributed by atoms with Crippen LogP contribution in [0.15, 0.2) is 152 Å². The Hall–Kier alpha value is -5.98. The van der Waals surface area contributed by atoms with Gasteiger partial charge in [-0.25, -0.2) is 9.97 Å². The normalized spacial score (nSPS) is 11.5. The van der Waals surface area contributed by atoms with Crippen molar-refractivity contribution in [1.82, 2.24) is 14.6 Å². The third kappa shape index (κ3) is 4.69. The molecule has 47 heavy (non-hydrogen) atoms. The Bertz CT molecular complexity index is 2460. The highest BCUT2D eigenvalue weighted by Crippen LogP contribution is 2.42. The van der Waals surface area contributed by atoms with Crippen LogP contribution in [-0.4, -0.2) is 21.7 Å². The van der Waals surface area contributed by atoms with Crippen LogP contribution in [0.3, 0.4) is 0 Å². The summed E-state index contributed by atoms with van der Waals surface area (Å²) >= 11 is 1.82. The Morgan fingerprint density at radius 1 is 0.532 bits per heavy atom. The number of nitrogens with one attached hydrogen (secondary N) is 1. The molecule has 9 rings (SSSR count). The van der Waals surface area contributed by atoms with E-state index >= 15 is 0 Å². The Kier molecular flexibility index (Phi) is 6.47. The predicted octanol–water partition coefficient (Wildman–Crippen LogP) is 10.9. The number of fused-ring (bicyclic) bond motifs is 6. The van der Waals surface area contributed by atoms with E-state index in [0.717, 1.165) is 44.9 Å². The quantitative estimate of drug-likeness (QED) is 0.200. The molecule has 0 unspecified atom stereocenters. The molecule has 0 bridgehead atoms. The molecular weight excluding hydrogens is 595 g/mol. The Morgan fingerprint density at radius 3 is 1.68 bits per heavy atom. The van der Waals surface area contributed by atoms with Gasteiger partial charge in [0.15, 0.2) is 0 Å². The Morgan fingerprint density at radius 2 is 1.06 bits per heavy atom. The van der Waals surface area contributed by atoms with Gasteiger partial charge in [0.1, 0.15) is 0 Å². The summed E-state index contributed by atoms with van der Waals surface area (Å²) in [6.45, 7) is 0. The maximum absolute atomic E-state index is 5.07. The number of para-hydroxylation sites is 2. The van der Waals surface area contributed by atoms with Crippen LogP contribution in [0.25, 0.3) is 64.5 Å². The Balaban J connectivity index is 1.27. The number of rotatable bonds is 6. The minimum atomic E-state index is 0.543. The summed E-state index contributed by atoms with van der Waals surface area (Å²) in [7, 11) is 2.13. The Labute approximate surface area is 276 Å². The number of hydrogen-bond acceptors (Lipinski definition) is 5. The van der Waals surface area contributed by atoms with Crippen molar-refractivity contribution in [2.45, 2.75) is 0 Å². The number of hydrogen-bond donors (Lipinski definition) is 1. The molecule has 0 fully saturated rings. The molecule has 3 heterocycles. The second-order valence-corrected chi connectivity index (χ2v) is 12.7. The largest absolute Gasteiger partial charge is 0.322 e. The summed E-state index contributed by atoms with van der Waals surface area (Å²) in [4.78, 5) is 10.1.